The van der Waals surface area contributed by atoms with Gasteiger partial charge in [0.05, 0.1) is 18.2 Å². The van der Waals surface area contributed by atoms with Crippen molar-refractivity contribution in [3.05, 3.63) is 88.6 Å². The number of benzene rings is 2. The first-order valence-electron chi connectivity index (χ1n) is 12.0. The molecule has 184 valence electrons. The minimum atomic E-state index is -0.305. The number of nitrogens with one attached hydrogen (secondary N) is 2. The largest absolute Gasteiger partial charge is 0.395 e. The van der Waals surface area contributed by atoms with E-state index in [1.54, 1.807) is 24.3 Å². The highest BCUT2D eigenvalue weighted by Gasteiger charge is 2.25. The summed E-state index contributed by atoms with van der Waals surface area (Å²) < 4.78 is 0. The van der Waals surface area contributed by atoms with Crippen LogP contribution in [0.25, 0.3) is 0 Å². The van der Waals surface area contributed by atoms with Crippen molar-refractivity contribution in [1.82, 2.24) is 9.88 Å². The average Bonchev–Trinajstić information content (AvgIpc) is 2.93. The molecule has 2 heterocycles. The number of carbonyl (C=O) groups excluding carboxylic acids is 2. The number of aliphatic hydroxyl groups excluding tert-OH is 1. The summed E-state index contributed by atoms with van der Waals surface area (Å²) >= 11 is 0. The van der Waals surface area contributed by atoms with Crippen LogP contribution in [-0.4, -0.2) is 53.0 Å². The molecule has 0 radical (unpaired) electrons. The van der Waals surface area contributed by atoms with Gasteiger partial charge in [-0.2, -0.15) is 5.26 Å². The van der Waals surface area contributed by atoms with E-state index in [0.29, 0.717) is 53.7 Å². The standard InChI is InChI=1S/C28H29N5O3/c1-19-2-5-24(16-25(19)32-27(35)23-8-11-30-26(17-23)31-12-15-34)28(36)33-13-9-22(10-14-33)21-6-3-20(18-29)4-7-21/h2-8,11,16-17,22,34H,9-10,12-15H2,1H3,(H,30,31)(H,32,35). The zero-order valence-corrected chi connectivity index (χ0v) is 20.2. The Morgan fingerprint density at radius 3 is 2.53 bits per heavy atom. The molecule has 4 rings (SSSR count). The third-order valence-electron chi connectivity index (χ3n) is 6.47. The number of anilines is 2. The number of aryl methyl sites for hydroxylation is 1. The number of rotatable bonds is 7. The second-order valence-electron chi connectivity index (χ2n) is 8.86. The minimum Gasteiger partial charge on any atom is -0.395 e. The van der Waals surface area contributed by atoms with Gasteiger partial charge >= 0.3 is 0 Å². The number of aromatic nitrogens is 1. The van der Waals surface area contributed by atoms with Crippen LogP contribution in [0.2, 0.25) is 0 Å². The predicted molar refractivity (Wildman–Crippen MR) is 138 cm³/mol. The zero-order valence-electron chi connectivity index (χ0n) is 20.2. The highest BCUT2D eigenvalue weighted by atomic mass is 16.3. The van der Waals surface area contributed by atoms with Crippen LogP contribution in [0.3, 0.4) is 0 Å². The molecule has 1 aromatic heterocycles. The number of carbonyl (C=O) groups is 2. The van der Waals surface area contributed by atoms with E-state index >= 15 is 0 Å². The van der Waals surface area contributed by atoms with Gasteiger partial charge in [-0.1, -0.05) is 18.2 Å². The molecule has 2 aromatic carbocycles. The van der Waals surface area contributed by atoms with Crippen molar-refractivity contribution in [3.8, 4) is 6.07 Å². The maximum absolute atomic E-state index is 13.2. The first-order valence-corrected chi connectivity index (χ1v) is 12.0. The van der Waals surface area contributed by atoms with Crippen LogP contribution in [0.15, 0.2) is 60.8 Å². The number of nitrogens with zero attached hydrogens (tertiary/aromatic N) is 3. The molecule has 0 bridgehead atoms. The second kappa shape index (κ2) is 11.5. The lowest BCUT2D eigenvalue weighted by Crippen LogP contribution is -2.38. The van der Waals surface area contributed by atoms with Crippen molar-refractivity contribution in [3.63, 3.8) is 0 Å². The van der Waals surface area contributed by atoms with Gasteiger partial charge in [-0.3, -0.25) is 9.59 Å². The fourth-order valence-electron chi connectivity index (χ4n) is 4.36. The van der Waals surface area contributed by atoms with Crippen molar-refractivity contribution in [2.24, 2.45) is 0 Å². The number of nitriles is 1. The molecule has 3 N–H and O–H groups in total. The SMILES string of the molecule is Cc1ccc(C(=O)N2CCC(c3ccc(C#N)cc3)CC2)cc1NC(=O)c1ccnc(NCCO)c1. The summed E-state index contributed by atoms with van der Waals surface area (Å²) in [5.74, 6) is 0.511. The topological polar surface area (TPSA) is 118 Å². The van der Waals surface area contributed by atoms with E-state index in [4.69, 9.17) is 10.4 Å². The Hall–Kier alpha value is -4.22. The van der Waals surface area contributed by atoms with Gasteiger partial charge < -0.3 is 20.6 Å². The molecule has 0 saturated carbocycles. The van der Waals surface area contributed by atoms with Gasteiger partial charge in [0, 0.05) is 42.6 Å². The molecule has 0 atom stereocenters. The first-order chi connectivity index (χ1) is 17.5. The Morgan fingerprint density at radius 2 is 1.83 bits per heavy atom. The molecule has 0 unspecified atom stereocenters. The van der Waals surface area contributed by atoms with Crippen LogP contribution >= 0.6 is 0 Å². The highest BCUT2D eigenvalue weighted by molar-refractivity contribution is 6.06. The van der Waals surface area contributed by atoms with E-state index in [-0.39, 0.29) is 18.4 Å². The number of likely N-dealkylation sites (tertiary alicyclic amines) is 1. The Bertz CT molecular complexity index is 1280. The third kappa shape index (κ3) is 5.88. The van der Waals surface area contributed by atoms with Gasteiger partial charge in [0.1, 0.15) is 5.82 Å². The Balaban J connectivity index is 1.40. The molecule has 8 heteroatoms. The lowest BCUT2D eigenvalue weighted by atomic mass is 9.89. The Kier molecular flexibility index (Phi) is 7.93. The van der Waals surface area contributed by atoms with E-state index in [1.165, 1.54) is 11.8 Å². The molecule has 3 aromatic rings. The van der Waals surface area contributed by atoms with Crippen LogP contribution in [0, 0.1) is 18.3 Å². The Labute approximate surface area is 210 Å². The Morgan fingerprint density at radius 1 is 1.08 bits per heavy atom. The van der Waals surface area contributed by atoms with Gasteiger partial charge in [0.25, 0.3) is 11.8 Å². The molecule has 1 aliphatic heterocycles. The smallest absolute Gasteiger partial charge is 0.255 e. The van der Waals surface area contributed by atoms with Gasteiger partial charge in [-0.05, 0) is 73.2 Å². The van der Waals surface area contributed by atoms with E-state index < -0.39 is 0 Å². The lowest BCUT2D eigenvalue weighted by molar-refractivity contribution is 0.0712. The molecular formula is C28H29N5O3. The first kappa shape index (κ1) is 24.9. The van der Waals surface area contributed by atoms with Crippen LogP contribution in [-0.2, 0) is 0 Å². The normalized spacial score (nSPS) is 13.6. The van der Waals surface area contributed by atoms with Crippen molar-refractivity contribution in [2.75, 3.05) is 36.9 Å². The third-order valence-corrected chi connectivity index (χ3v) is 6.47. The van der Waals surface area contributed by atoms with Crippen LogP contribution in [0.4, 0.5) is 11.5 Å². The van der Waals surface area contributed by atoms with Crippen LogP contribution < -0.4 is 10.6 Å². The van der Waals surface area contributed by atoms with Gasteiger partial charge in [-0.25, -0.2) is 4.98 Å². The summed E-state index contributed by atoms with van der Waals surface area (Å²) in [6, 6.07) is 18.4. The average molecular weight is 484 g/mol. The molecule has 1 aliphatic rings. The van der Waals surface area contributed by atoms with E-state index in [2.05, 4.69) is 21.7 Å². The van der Waals surface area contributed by atoms with Crippen molar-refractivity contribution in [1.29, 1.82) is 5.26 Å². The van der Waals surface area contributed by atoms with Gasteiger partial charge in [0.2, 0.25) is 0 Å². The summed E-state index contributed by atoms with van der Waals surface area (Å²) in [6.07, 6.45) is 3.26. The number of amides is 2. The van der Waals surface area contributed by atoms with Gasteiger partial charge in [-0.15, -0.1) is 0 Å². The molecular weight excluding hydrogens is 454 g/mol. The molecule has 1 saturated heterocycles. The molecule has 0 spiro atoms. The van der Waals surface area contributed by atoms with Crippen LogP contribution in [0.5, 0.6) is 0 Å². The van der Waals surface area contributed by atoms with Crippen molar-refractivity contribution < 1.29 is 14.7 Å². The summed E-state index contributed by atoms with van der Waals surface area (Å²) in [5, 5.41) is 23.8. The van der Waals surface area contributed by atoms with Crippen molar-refractivity contribution in [2.45, 2.75) is 25.7 Å². The predicted octanol–water partition coefficient (Wildman–Crippen LogP) is 3.94. The molecule has 1 fully saturated rings. The monoisotopic (exact) mass is 483 g/mol. The maximum Gasteiger partial charge on any atom is 0.255 e. The fraction of sp³-hybridized carbons (Fsp3) is 0.286. The zero-order chi connectivity index (χ0) is 25.5. The summed E-state index contributed by atoms with van der Waals surface area (Å²) in [5.41, 5.74) is 4.25. The van der Waals surface area contributed by atoms with E-state index in [1.807, 2.05) is 42.2 Å². The minimum absolute atomic E-state index is 0.0365. The summed E-state index contributed by atoms with van der Waals surface area (Å²) in [6.45, 7) is 3.49. The molecule has 8 nitrogen and oxygen atoms in total. The summed E-state index contributed by atoms with van der Waals surface area (Å²) in [7, 11) is 0. The number of aliphatic hydroxyl groups is 1. The van der Waals surface area contributed by atoms with E-state index in [0.717, 1.165) is 18.4 Å². The molecule has 0 aliphatic carbocycles. The van der Waals surface area contributed by atoms with E-state index in [9.17, 15) is 9.59 Å². The summed E-state index contributed by atoms with van der Waals surface area (Å²) in [4.78, 5) is 32.1. The number of hydrogen-bond acceptors (Lipinski definition) is 6. The van der Waals surface area contributed by atoms with Crippen molar-refractivity contribution >= 4 is 23.3 Å². The van der Waals surface area contributed by atoms with Crippen LogP contribution in [0.1, 0.15) is 56.2 Å². The fourth-order valence-corrected chi connectivity index (χ4v) is 4.36. The lowest BCUT2D eigenvalue weighted by Gasteiger charge is -2.32. The number of piperidine rings is 1. The molecule has 36 heavy (non-hydrogen) atoms. The quantitative estimate of drug-likeness (QED) is 0.469. The highest BCUT2D eigenvalue weighted by Crippen LogP contribution is 2.29. The van der Waals surface area contributed by atoms with Gasteiger partial charge in [0.15, 0.2) is 0 Å². The maximum atomic E-state index is 13.2. The number of hydrogen-bond donors (Lipinski definition) is 3. The molecule has 2 amide bonds. The second-order valence-corrected chi connectivity index (χ2v) is 8.86. The number of pyridine rings is 1.